The van der Waals surface area contributed by atoms with Gasteiger partial charge in [0, 0.05) is 18.2 Å². The number of ketones is 1. The third kappa shape index (κ3) is 12.4. The van der Waals surface area contributed by atoms with Crippen LogP contribution in [-0.2, 0) is 53.9 Å². The summed E-state index contributed by atoms with van der Waals surface area (Å²) in [5, 5.41) is 0. The Hall–Kier alpha value is -1.90. The third-order valence-electron chi connectivity index (χ3n) is 12.2. The number of phosphoric ester groups is 1. The number of phosphoric acid groups is 1. The molecule has 1 fully saturated rings. The van der Waals surface area contributed by atoms with E-state index in [-0.39, 0.29) is 31.6 Å². The summed E-state index contributed by atoms with van der Waals surface area (Å²) in [5.74, 6) is 0.815. The van der Waals surface area contributed by atoms with Crippen LogP contribution in [0.5, 0.6) is 11.5 Å². The molecule has 0 saturated carbocycles. The van der Waals surface area contributed by atoms with Crippen LogP contribution in [-0.4, -0.2) is 127 Å². The SMILES string of the molecule is CCCCCCCCCCCCCCCCOCCOCCOCCOCCOCCOP(=O)(O)O[C@@]12C=CC(=O)[C@@H]3Oc4c(OC)ccc5c4[C@@]31CCN(C)[C@@H]2C5. The fourth-order valence-corrected chi connectivity index (χ4v) is 10.3. The number of rotatable bonds is 34. The lowest BCUT2D eigenvalue weighted by Gasteiger charge is -2.61. The highest BCUT2D eigenvalue weighted by atomic mass is 31.2. The van der Waals surface area contributed by atoms with Crippen LogP contribution in [0.2, 0.25) is 0 Å². The normalized spacial score (nSPS) is 24.2. The topological polar surface area (TPSA) is 141 Å². The molecule has 2 bridgehead atoms. The molecule has 1 N–H and O–H groups in total. The summed E-state index contributed by atoms with van der Waals surface area (Å²) in [6.45, 7) is 7.29. The van der Waals surface area contributed by atoms with Crippen LogP contribution in [0.1, 0.15) is 114 Å². The summed E-state index contributed by atoms with van der Waals surface area (Å²) in [6.07, 6.45) is 22.2. The van der Waals surface area contributed by atoms with Crippen LogP contribution in [0.15, 0.2) is 24.3 Å². The number of benzene rings is 1. The van der Waals surface area contributed by atoms with Crippen molar-refractivity contribution in [2.45, 2.75) is 133 Å². The lowest BCUT2D eigenvalue weighted by molar-refractivity contribution is -0.149. The Labute approximate surface area is 347 Å². The first-order valence-corrected chi connectivity index (χ1v) is 23.7. The Morgan fingerprint density at radius 2 is 1.28 bits per heavy atom. The van der Waals surface area contributed by atoms with E-state index in [2.05, 4.69) is 11.8 Å². The van der Waals surface area contributed by atoms with E-state index < -0.39 is 24.9 Å². The maximum Gasteiger partial charge on any atom is 0.473 e. The maximum absolute atomic E-state index is 13.6. The molecule has 0 amide bonds. The summed E-state index contributed by atoms with van der Waals surface area (Å²) in [5.41, 5.74) is -0.494. The zero-order valence-electron chi connectivity index (χ0n) is 35.6. The Bertz CT molecular complexity index is 1460. The molecule has 1 aromatic rings. The highest BCUT2D eigenvalue weighted by molar-refractivity contribution is 7.47. The molecule has 1 unspecified atom stereocenters. The third-order valence-corrected chi connectivity index (χ3v) is 13.2. The van der Waals surface area contributed by atoms with Gasteiger partial charge in [-0.05, 0) is 56.6 Å². The highest BCUT2D eigenvalue weighted by Crippen LogP contribution is 2.67. The first-order chi connectivity index (χ1) is 28.3. The molecule has 58 heavy (non-hydrogen) atoms. The molecule has 5 atom stereocenters. The number of carbonyl (C=O) groups excluding carboxylic acids is 1. The predicted octanol–water partition coefficient (Wildman–Crippen LogP) is 7.53. The first-order valence-electron chi connectivity index (χ1n) is 22.2. The number of hydrogen-bond donors (Lipinski definition) is 1. The lowest BCUT2D eigenvalue weighted by atomic mass is 9.51. The predicted molar refractivity (Wildman–Crippen MR) is 222 cm³/mol. The zero-order chi connectivity index (χ0) is 41.1. The molecular weight excluding hydrogens is 765 g/mol. The van der Waals surface area contributed by atoms with Gasteiger partial charge in [0.05, 0.1) is 78.6 Å². The average Bonchev–Trinajstić information content (AvgIpc) is 3.57. The minimum Gasteiger partial charge on any atom is -0.493 e. The van der Waals surface area contributed by atoms with Gasteiger partial charge in [-0.25, -0.2) is 4.57 Å². The number of likely N-dealkylation sites (tertiary alicyclic amines) is 1. The molecule has 0 radical (unpaired) electrons. The van der Waals surface area contributed by atoms with Gasteiger partial charge in [0.2, 0.25) is 0 Å². The van der Waals surface area contributed by atoms with Crippen molar-refractivity contribution in [3.8, 4) is 11.5 Å². The number of methoxy groups -OCH3 is 1. The van der Waals surface area contributed by atoms with Gasteiger partial charge in [-0.15, -0.1) is 0 Å². The number of piperidine rings is 1. The van der Waals surface area contributed by atoms with Gasteiger partial charge in [0.25, 0.3) is 0 Å². The fourth-order valence-electron chi connectivity index (χ4n) is 9.23. The second kappa shape index (κ2) is 24.5. The smallest absolute Gasteiger partial charge is 0.473 e. The fraction of sp³-hybridized carbons (Fsp3) is 0.795. The largest absolute Gasteiger partial charge is 0.493 e. The zero-order valence-corrected chi connectivity index (χ0v) is 36.5. The van der Waals surface area contributed by atoms with Crippen LogP contribution in [0.4, 0.5) is 0 Å². The van der Waals surface area contributed by atoms with Crippen molar-refractivity contribution in [2.75, 3.05) is 93.4 Å². The van der Waals surface area contributed by atoms with Crippen molar-refractivity contribution in [3.05, 3.63) is 35.4 Å². The molecule has 5 rings (SSSR count). The van der Waals surface area contributed by atoms with Crippen molar-refractivity contribution < 1.29 is 56.5 Å². The number of unbranched alkanes of at least 4 members (excludes halogenated alkanes) is 13. The summed E-state index contributed by atoms with van der Waals surface area (Å²) in [4.78, 5) is 26.5. The van der Waals surface area contributed by atoms with E-state index in [0.717, 1.165) is 24.2 Å². The molecule has 330 valence electrons. The van der Waals surface area contributed by atoms with Gasteiger partial charge in [-0.3, -0.25) is 18.7 Å². The van der Waals surface area contributed by atoms with E-state index >= 15 is 0 Å². The molecule has 1 saturated heterocycles. The maximum atomic E-state index is 13.6. The summed E-state index contributed by atoms with van der Waals surface area (Å²) < 4.78 is 65.1. The van der Waals surface area contributed by atoms with Crippen molar-refractivity contribution in [1.82, 2.24) is 4.90 Å². The van der Waals surface area contributed by atoms with E-state index in [4.69, 9.17) is 42.2 Å². The minimum absolute atomic E-state index is 0.0694. The minimum atomic E-state index is -4.62. The summed E-state index contributed by atoms with van der Waals surface area (Å²) in [6, 6.07) is 3.51. The Morgan fingerprint density at radius 3 is 1.83 bits per heavy atom. The number of likely N-dealkylation sites (N-methyl/N-ethyl adjacent to an activating group) is 1. The Morgan fingerprint density at radius 1 is 0.759 bits per heavy atom. The number of ether oxygens (including phenoxy) is 7. The van der Waals surface area contributed by atoms with Gasteiger partial charge >= 0.3 is 7.82 Å². The van der Waals surface area contributed by atoms with Gasteiger partial charge in [-0.2, -0.15) is 0 Å². The number of carbonyl (C=O) groups is 1. The lowest BCUT2D eigenvalue weighted by Crippen LogP contribution is -2.75. The standard InChI is InChI=1S/C44H72NO12P/c1-4-5-6-7-8-9-10-11-12-13-14-15-16-17-24-50-25-26-51-27-28-52-29-30-53-31-32-54-33-34-55-58(47,48)57-44-21-20-37(46)42-43(44)22-23-45(2)39(44)35-36-18-19-38(49-3)41(56-42)40(36)43/h18-21,39,42H,4-17,22-35H2,1-3H3,(H,47,48)/t39-,42+,43+,44-/m1/s1. The summed E-state index contributed by atoms with van der Waals surface area (Å²) in [7, 11) is -1.10. The van der Waals surface area contributed by atoms with Crippen molar-refractivity contribution in [1.29, 1.82) is 0 Å². The average molecular weight is 838 g/mol. The molecule has 0 aromatic heterocycles. The van der Waals surface area contributed by atoms with Gasteiger partial charge in [0.1, 0.15) is 5.60 Å². The van der Waals surface area contributed by atoms with E-state index in [1.54, 1.807) is 13.2 Å². The first kappa shape index (κ1) is 47.2. The number of hydrogen-bond acceptors (Lipinski definition) is 12. The second-order valence-electron chi connectivity index (χ2n) is 16.1. The van der Waals surface area contributed by atoms with Gasteiger partial charge in [0.15, 0.2) is 23.4 Å². The van der Waals surface area contributed by atoms with Crippen LogP contribution in [0, 0.1) is 0 Å². The van der Waals surface area contributed by atoms with E-state index in [1.165, 1.54) is 89.5 Å². The summed E-state index contributed by atoms with van der Waals surface area (Å²) >= 11 is 0. The Balaban J connectivity index is 0.839. The van der Waals surface area contributed by atoms with Crippen LogP contribution < -0.4 is 9.47 Å². The van der Waals surface area contributed by atoms with Crippen LogP contribution in [0.25, 0.3) is 0 Å². The molecule has 1 spiro atoms. The molecular formula is C44H72NO12P. The monoisotopic (exact) mass is 837 g/mol. The molecule has 2 aliphatic carbocycles. The Kier molecular flexibility index (Phi) is 19.9. The molecule has 2 aliphatic heterocycles. The molecule has 14 heteroatoms. The van der Waals surface area contributed by atoms with Crippen molar-refractivity contribution >= 4 is 13.6 Å². The van der Waals surface area contributed by atoms with Crippen LogP contribution in [0.3, 0.4) is 0 Å². The van der Waals surface area contributed by atoms with E-state index in [1.807, 2.05) is 19.2 Å². The van der Waals surface area contributed by atoms with E-state index in [0.29, 0.717) is 77.1 Å². The van der Waals surface area contributed by atoms with Gasteiger partial charge in [-0.1, -0.05) is 96.5 Å². The molecule has 4 aliphatic rings. The number of nitrogens with zero attached hydrogens (tertiary/aromatic N) is 1. The van der Waals surface area contributed by atoms with Gasteiger partial charge < -0.3 is 38.1 Å². The van der Waals surface area contributed by atoms with Crippen molar-refractivity contribution in [2.24, 2.45) is 0 Å². The highest BCUT2D eigenvalue weighted by Gasteiger charge is 2.74. The molecule has 2 heterocycles. The van der Waals surface area contributed by atoms with Crippen LogP contribution >= 0.6 is 7.82 Å². The van der Waals surface area contributed by atoms with Crippen molar-refractivity contribution in [3.63, 3.8) is 0 Å². The quantitative estimate of drug-likeness (QED) is 0.0541. The van der Waals surface area contributed by atoms with E-state index in [9.17, 15) is 14.3 Å². The molecule has 1 aromatic carbocycles. The molecule has 13 nitrogen and oxygen atoms in total. The second-order valence-corrected chi connectivity index (χ2v) is 17.5.